The summed E-state index contributed by atoms with van der Waals surface area (Å²) in [6.07, 6.45) is -1.02. The Labute approximate surface area is 168 Å². The lowest BCUT2D eigenvalue weighted by molar-refractivity contribution is -0.123. The van der Waals surface area contributed by atoms with Gasteiger partial charge in [0.25, 0.3) is 5.91 Å². The number of nitrogens with zero attached hydrogens (tertiary/aromatic N) is 1. The van der Waals surface area contributed by atoms with Gasteiger partial charge >= 0.3 is 5.97 Å². The van der Waals surface area contributed by atoms with Crippen molar-refractivity contribution < 1.29 is 19.1 Å². The number of nitrogens with one attached hydrogen (secondary N) is 1. The second-order valence-electron chi connectivity index (χ2n) is 6.99. The van der Waals surface area contributed by atoms with Gasteiger partial charge < -0.3 is 10.1 Å². The first-order valence-corrected chi connectivity index (χ1v) is 9.25. The molecule has 2 aromatic carbocycles. The summed E-state index contributed by atoms with van der Waals surface area (Å²) in [5.41, 5.74) is 3.66. The van der Waals surface area contributed by atoms with Crippen molar-refractivity contribution in [2.24, 2.45) is 0 Å². The van der Waals surface area contributed by atoms with E-state index in [1.54, 1.807) is 37.3 Å². The van der Waals surface area contributed by atoms with Crippen LogP contribution in [0.3, 0.4) is 0 Å². The summed E-state index contributed by atoms with van der Waals surface area (Å²) in [7, 11) is 0. The van der Waals surface area contributed by atoms with E-state index in [-0.39, 0.29) is 5.78 Å². The number of benzene rings is 2. The maximum Gasteiger partial charge on any atom is 0.340 e. The number of hydrogen-bond acceptors (Lipinski definition) is 5. The minimum Gasteiger partial charge on any atom is -0.449 e. The molecule has 1 amide bonds. The fraction of sp³-hybridized carbons (Fsp3) is 0.217. The third kappa shape index (κ3) is 4.66. The lowest BCUT2D eigenvalue weighted by Crippen LogP contribution is -2.30. The van der Waals surface area contributed by atoms with Gasteiger partial charge in [0, 0.05) is 16.6 Å². The van der Waals surface area contributed by atoms with Crippen LogP contribution in [-0.2, 0) is 9.53 Å². The van der Waals surface area contributed by atoms with Crippen LogP contribution in [0, 0.1) is 13.8 Å². The lowest BCUT2D eigenvalue weighted by atomic mass is 10.1. The average Bonchev–Trinajstić information content (AvgIpc) is 2.67. The molecule has 0 bridgehead atoms. The molecule has 0 spiro atoms. The van der Waals surface area contributed by atoms with E-state index in [0.717, 1.165) is 16.5 Å². The molecule has 0 fully saturated rings. The molecule has 0 aliphatic carbocycles. The third-order valence-corrected chi connectivity index (χ3v) is 4.57. The Kier molecular flexibility index (Phi) is 5.73. The minimum absolute atomic E-state index is 0.102. The Morgan fingerprint density at radius 2 is 1.79 bits per heavy atom. The number of fused-ring (bicyclic) bond motifs is 1. The monoisotopic (exact) mass is 390 g/mol. The van der Waals surface area contributed by atoms with Crippen molar-refractivity contribution in [1.82, 2.24) is 4.98 Å². The van der Waals surface area contributed by atoms with Crippen molar-refractivity contribution in [3.05, 3.63) is 70.9 Å². The number of rotatable bonds is 5. The summed E-state index contributed by atoms with van der Waals surface area (Å²) in [5.74, 6) is -1.20. The Bertz CT molecular complexity index is 1120. The Morgan fingerprint density at radius 1 is 1.03 bits per heavy atom. The van der Waals surface area contributed by atoms with Crippen LogP contribution in [0.1, 0.15) is 45.8 Å². The van der Waals surface area contributed by atoms with Gasteiger partial charge in [-0.25, -0.2) is 4.79 Å². The van der Waals surface area contributed by atoms with Gasteiger partial charge in [0.2, 0.25) is 0 Å². The van der Waals surface area contributed by atoms with E-state index in [2.05, 4.69) is 10.3 Å². The highest BCUT2D eigenvalue weighted by Crippen LogP contribution is 2.19. The van der Waals surface area contributed by atoms with Gasteiger partial charge in [-0.05, 0) is 58.0 Å². The van der Waals surface area contributed by atoms with Crippen molar-refractivity contribution in [2.75, 3.05) is 5.32 Å². The second-order valence-corrected chi connectivity index (χ2v) is 6.99. The number of amides is 1. The highest BCUT2D eigenvalue weighted by molar-refractivity contribution is 6.00. The summed E-state index contributed by atoms with van der Waals surface area (Å²) < 4.78 is 5.35. The van der Waals surface area contributed by atoms with Gasteiger partial charge in [-0.2, -0.15) is 0 Å². The van der Waals surface area contributed by atoms with Crippen LogP contribution >= 0.6 is 0 Å². The molecule has 0 aliphatic heterocycles. The number of anilines is 1. The second kappa shape index (κ2) is 8.22. The van der Waals surface area contributed by atoms with Crippen LogP contribution in [0.4, 0.5) is 5.69 Å². The molecule has 1 atom stereocenters. The van der Waals surface area contributed by atoms with Gasteiger partial charge in [-0.3, -0.25) is 14.6 Å². The summed E-state index contributed by atoms with van der Waals surface area (Å²) in [6, 6.07) is 14.1. The average molecular weight is 390 g/mol. The molecule has 6 nitrogen and oxygen atoms in total. The maximum absolute atomic E-state index is 12.6. The van der Waals surface area contributed by atoms with Crippen LogP contribution in [0.5, 0.6) is 0 Å². The lowest BCUT2D eigenvalue weighted by Gasteiger charge is -2.15. The van der Waals surface area contributed by atoms with E-state index in [1.165, 1.54) is 13.8 Å². The van der Waals surface area contributed by atoms with Crippen molar-refractivity contribution in [3.63, 3.8) is 0 Å². The predicted molar refractivity (Wildman–Crippen MR) is 111 cm³/mol. The number of pyridine rings is 1. The Balaban J connectivity index is 1.74. The molecular weight excluding hydrogens is 368 g/mol. The number of Topliss-reactive ketones (excluding diaryl/α,β-unsaturated/α-hetero) is 1. The quantitative estimate of drug-likeness (QED) is 0.520. The zero-order chi connectivity index (χ0) is 21.1. The zero-order valence-corrected chi connectivity index (χ0v) is 16.8. The molecule has 0 aliphatic rings. The molecule has 1 heterocycles. The van der Waals surface area contributed by atoms with Crippen molar-refractivity contribution in [1.29, 1.82) is 0 Å². The smallest absolute Gasteiger partial charge is 0.340 e. The molecular formula is C23H22N2O4. The first-order chi connectivity index (χ1) is 13.7. The van der Waals surface area contributed by atoms with Crippen molar-refractivity contribution >= 4 is 34.3 Å². The number of ketones is 1. The normalized spacial score (nSPS) is 11.7. The SMILES string of the molecule is CC(=O)c1cccc(NC(=O)C(C)OC(=O)c2cc3cc(C)ccc3nc2C)c1. The summed E-state index contributed by atoms with van der Waals surface area (Å²) >= 11 is 0. The van der Waals surface area contributed by atoms with E-state index in [0.29, 0.717) is 22.5 Å². The number of carbonyl (C=O) groups excluding carboxylic acids is 3. The first kappa shape index (κ1) is 20.2. The van der Waals surface area contributed by atoms with Gasteiger partial charge in [0.15, 0.2) is 11.9 Å². The standard InChI is InChI=1S/C23H22N2O4/c1-13-8-9-21-18(10-13)12-20(14(2)24-21)23(28)29-16(4)22(27)25-19-7-5-6-17(11-19)15(3)26/h5-12,16H,1-4H3,(H,25,27). The van der Waals surface area contributed by atoms with Crippen molar-refractivity contribution in [2.45, 2.75) is 33.8 Å². The highest BCUT2D eigenvalue weighted by atomic mass is 16.5. The molecule has 148 valence electrons. The molecule has 0 saturated heterocycles. The van der Waals surface area contributed by atoms with Gasteiger partial charge in [-0.1, -0.05) is 23.8 Å². The molecule has 3 rings (SSSR count). The topological polar surface area (TPSA) is 85.4 Å². The maximum atomic E-state index is 12.6. The van der Waals surface area contributed by atoms with Crippen LogP contribution in [0.25, 0.3) is 10.9 Å². The molecule has 29 heavy (non-hydrogen) atoms. The number of aryl methyl sites for hydroxylation is 2. The van der Waals surface area contributed by atoms with Crippen LogP contribution in [0.15, 0.2) is 48.5 Å². The molecule has 3 aromatic rings. The molecule has 1 aromatic heterocycles. The number of hydrogen-bond donors (Lipinski definition) is 1. The fourth-order valence-corrected chi connectivity index (χ4v) is 2.94. The zero-order valence-electron chi connectivity index (χ0n) is 16.8. The Morgan fingerprint density at radius 3 is 2.52 bits per heavy atom. The first-order valence-electron chi connectivity index (χ1n) is 9.25. The van der Waals surface area contributed by atoms with E-state index in [4.69, 9.17) is 4.74 Å². The highest BCUT2D eigenvalue weighted by Gasteiger charge is 2.21. The Hall–Kier alpha value is -3.54. The van der Waals surface area contributed by atoms with E-state index in [1.807, 2.05) is 25.1 Å². The molecule has 1 unspecified atom stereocenters. The van der Waals surface area contributed by atoms with Gasteiger partial charge in [0.05, 0.1) is 16.8 Å². The summed E-state index contributed by atoms with van der Waals surface area (Å²) in [4.78, 5) is 41.0. The summed E-state index contributed by atoms with van der Waals surface area (Å²) in [5, 5.41) is 3.50. The number of carbonyl (C=O) groups is 3. The minimum atomic E-state index is -1.02. The predicted octanol–water partition coefficient (Wildman–Crippen LogP) is 4.24. The number of aromatic nitrogens is 1. The van der Waals surface area contributed by atoms with Crippen LogP contribution < -0.4 is 5.32 Å². The number of esters is 1. The summed E-state index contributed by atoms with van der Waals surface area (Å²) in [6.45, 7) is 6.64. The molecule has 6 heteroatoms. The number of ether oxygens (including phenoxy) is 1. The van der Waals surface area contributed by atoms with Gasteiger partial charge in [0.1, 0.15) is 0 Å². The van der Waals surface area contributed by atoms with E-state index < -0.39 is 18.0 Å². The molecule has 1 N–H and O–H groups in total. The van der Waals surface area contributed by atoms with E-state index in [9.17, 15) is 14.4 Å². The van der Waals surface area contributed by atoms with E-state index >= 15 is 0 Å². The van der Waals surface area contributed by atoms with Crippen LogP contribution in [-0.4, -0.2) is 28.7 Å². The van der Waals surface area contributed by atoms with Crippen LogP contribution in [0.2, 0.25) is 0 Å². The fourth-order valence-electron chi connectivity index (χ4n) is 2.94. The third-order valence-electron chi connectivity index (χ3n) is 4.57. The van der Waals surface area contributed by atoms with Gasteiger partial charge in [-0.15, -0.1) is 0 Å². The molecule has 0 radical (unpaired) electrons. The molecule has 0 saturated carbocycles. The van der Waals surface area contributed by atoms with Crippen molar-refractivity contribution in [3.8, 4) is 0 Å². The largest absolute Gasteiger partial charge is 0.449 e.